The van der Waals surface area contributed by atoms with Gasteiger partial charge in [-0.3, -0.25) is 13.9 Å². The van der Waals surface area contributed by atoms with Crippen LogP contribution in [0.3, 0.4) is 0 Å². The highest BCUT2D eigenvalue weighted by molar-refractivity contribution is 7.92. The maximum atomic E-state index is 13.9. The number of sulfonamides is 1. The Kier molecular flexibility index (Phi) is 10.7. The minimum Gasteiger partial charge on any atom is -0.354 e. The van der Waals surface area contributed by atoms with E-state index in [1.54, 1.807) is 49.4 Å². The maximum Gasteiger partial charge on any atom is 0.264 e. The molecule has 3 rings (SSSR count). The van der Waals surface area contributed by atoms with Crippen LogP contribution in [0.25, 0.3) is 0 Å². The Morgan fingerprint density at radius 3 is 2.13 bits per heavy atom. The first-order valence-electron chi connectivity index (χ1n) is 12.2. The first kappa shape index (κ1) is 30.8. The van der Waals surface area contributed by atoms with Crippen LogP contribution in [0.5, 0.6) is 0 Å². The van der Waals surface area contributed by atoms with Gasteiger partial charge in [-0.2, -0.15) is 0 Å². The quantitative estimate of drug-likeness (QED) is 0.287. The van der Waals surface area contributed by atoms with Crippen LogP contribution in [0.15, 0.2) is 77.7 Å². The normalized spacial score (nSPS) is 12.2. The molecular formula is C28H30Cl3N3O4S. The van der Waals surface area contributed by atoms with Gasteiger partial charge in [0.1, 0.15) is 12.6 Å². The highest BCUT2D eigenvalue weighted by Crippen LogP contribution is 2.33. The zero-order chi connectivity index (χ0) is 28.7. The average molecular weight is 611 g/mol. The fraction of sp³-hybridized carbons (Fsp3) is 0.286. The summed E-state index contributed by atoms with van der Waals surface area (Å²) in [4.78, 5) is 28.2. The second-order valence-corrected chi connectivity index (χ2v) is 12.5. The second kappa shape index (κ2) is 13.5. The number of halogens is 3. The molecule has 0 aliphatic rings. The Labute approximate surface area is 244 Å². The molecule has 1 atom stereocenters. The molecule has 0 aliphatic heterocycles. The summed E-state index contributed by atoms with van der Waals surface area (Å²) in [5.74, 6) is -0.786. The fourth-order valence-electron chi connectivity index (χ4n) is 3.76. The summed E-state index contributed by atoms with van der Waals surface area (Å²) in [5.41, 5.74) is 0.686. The number of nitrogens with zero attached hydrogens (tertiary/aromatic N) is 2. The minimum absolute atomic E-state index is 0.0116. The molecule has 208 valence electrons. The van der Waals surface area contributed by atoms with Crippen LogP contribution in [0, 0.1) is 5.92 Å². The molecule has 0 bridgehead atoms. The van der Waals surface area contributed by atoms with Crippen molar-refractivity contribution in [1.82, 2.24) is 10.2 Å². The Balaban J connectivity index is 2.04. The van der Waals surface area contributed by atoms with Crippen LogP contribution in [-0.2, 0) is 26.2 Å². The lowest BCUT2D eigenvalue weighted by atomic mass is 10.1. The van der Waals surface area contributed by atoms with Crippen molar-refractivity contribution >= 4 is 62.3 Å². The largest absolute Gasteiger partial charge is 0.354 e. The van der Waals surface area contributed by atoms with Gasteiger partial charge < -0.3 is 10.2 Å². The smallest absolute Gasteiger partial charge is 0.264 e. The Morgan fingerprint density at radius 2 is 1.51 bits per heavy atom. The summed E-state index contributed by atoms with van der Waals surface area (Å²) in [5, 5.41) is 3.62. The van der Waals surface area contributed by atoms with Crippen LogP contribution in [0.2, 0.25) is 15.1 Å². The lowest BCUT2D eigenvalue weighted by Crippen LogP contribution is -2.51. The molecule has 0 saturated heterocycles. The number of hydrogen-bond donors (Lipinski definition) is 1. The molecule has 0 spiro atoms. The molecule has 0 aromatic heterocycles. The van der Waals surface area contributed by atoms with Crippen LogP contribution in [0.1, 0.15) is 26.3 Å². The predicted octanol–water partition coefficient (Wildman–Crippen LogP) is 6.03. The zero-order valence-electron chi connectivity index (χ0n) is 21.8. The first-order chi connectivity index (χ1) is 18.4. The minimum atomic E-state index is -4.23. The second-order valence-electron chi connectivity index (χ2n) is 9.35. The highest BCUT2D eigenvalue weighted by atomic mass is 35.5. The van der Waals surface area contributed by atoms with E-state index in [2.05, 4.69) is 5.32 Å². The van der Waals surface area contributed by atoms with E-state index >= 15 is 0 Å². The van der Waals surface area contributed by atoms with Gasteiger partial charge in [0.05, 0.1) is 15.6 Å². The maximum absolute atomic E-state index is 13.9. The van der Waals surface area contributed by atoms with Crippen molar-refractivity contribution < 1.29 is 18.0 Å². The van der Waals surface area contributed by atoms with Crippen molar-refractivity contribution in [3.05, 3.63) is 93.4 Å². The number of carbonyl (C=O) groups is 2. The molecule has 0 radical (unpaired) electrons. The number of amides is 2. The molecule has 0 saturated carbocycles. The lowest BCUT2D eigenvalue weighted by Gasteiger charge is -2.32. The topological polar surface area (TPSA) is 86.8 Å². The van der Waals surface area contributed by atoms with Gasteiger partial charge in [-0.15, -0.1) is 0 Å². The molecule has 7 nitrogen and oxygen atoms in total. The Bertz CT molecular complexity index is 1420. The van der Waals surface area contributed by atoms with Crippen LogP contribution >= 0.6 is 34.8 Å². The van der Waals surface area contributed by atoms with E-state index in [9.17, 15) is 18.0 Å². The van der Waals surface area contributed by atoms with Gasteiger partial charge in [0, 0.05) is 23.1 Å². The third kappa shape index (κ3) is 7.88. The molecule has 3 aromatic carbocycles. The van der Waals surface area contributed by atoms with Crippen LogP contribution in [0.4, 0.5) is 5.69 Å². The summed E-state index contributed by atoms with van der Waals surface area (Å²) in [6.45, 7) is 5.30. The number of nitrogens with one attached hydrogen (secondary N) is 1. The molecule has 1 unspecified atom stereocenters. The molecule has 1 N–H and O–H groups in total. The summed E-state index contributed by atoms with van der Waals surface area (Å²) >= 11 is 18.9. The molecule has 0 heterocycles. The van der Waals surface area contributed by atoms with Crippen LogP contribution in [-0.4, -0.2) is 44.3 Å². The number of carbonyl (C=O) groups excluding carboxylic acids is 2. The van der Waals surface area contributed by atoms with Gasteiger partial charge in [0.25, 0.3) is 10.0 Å². The molecule has 0 aliphatic carbocycles. The van der Waals surface area contributed by atoms with E-state index in [0.717, 1.165) is 4.31 Å². The summed E-state index contributed by atoms with van der Waals surface area (Å²) in [6, 6.07) is 18.1. The first-order valence-corrected chi connectivity index (χ1v) is 14.8. The monoisotopic (exact) mass is 609 g/mol. The predicted molar refractivity (Wildman–Crippen MR) is 157 cm³/mol. The van der Waals surface area contributed by atoms with Crippen molar-refractivity contribution in [2.45, 2.75) is 38.3 Å². The molecular weight excluding hydrogens is 581 g/mol. The van der Waals surface area contributed by atoms with Gasteiger partial charge in [-0.1, -0.05) is 85.0 Å². The molecule has 3 aromatic rings. The van der Waals surface area contributed by atoms with Crippen molar-refractivity contribution in [2.75, 3.05) is 17.4 Å². The van der Waals surface area contributed by atoms with E-state index in [1.807, 2.05) is 13.8 Å². The Hall–Kier alpha value is -2.78. The van der Waals surface area contributed by atoms with Crippen molar-refractivity contribution in [1.29, 1.82) is 0 Å². The van der Waals surface area contributed by atoms with Gasteiger partial charge in [-0.25, -0.2) is 8.42 Å². The molecule has 0 fully saturated rings. The van der Waals surface area contributed by atoms with Gasteiger partial charge in [-0.05, 0) is 54.8 Å². The van der Waals surface area contributed by atoms with Crippen molar-refractivity contribution in [3.63, 3.8) is 0 Å². The van der Waals surface area contributed by atoms with Gasteiger partial charge in [0.2, 0.25) is 11.8 Å². The standard InChI is InChI=1S/C28H30Cl3N3O4S/c1-19(2)16-32-28(36)20(3)33(17-21-9-7-8-12-24(21)30)27(35)18-34(26-14-13-22(29)15-25(26)31)39(37,38)23-10-5-4-6-11-23/h4-15,19-20H,16-18H2,1-3H3,(H,32,36). The number of benzene rings is 3. The van der Waals surface area contributed by atoms with Gasteiger partial charge >= 0.3 is 0 Å². The molecule has 11 heteroatoms. The van der Waals surface area contributed by atoms with Crippen LogP contribution < -0.4 is 9.62 Å². The average Bonchev–Trinajstić information content (AvgIpc) is 2.90. The number of rotatable bonds is 11. The SMILES string of the molecule is CC(C)CNC(=O)C(C)N(Cc1ccccc1Cl)C(=O)CN(c1ccc(Cl)cc1Cl)S(=O)(=O)c1ccccc1. The third-order valence-corrected chi connectivity index (χ3v) is 8.62. The highest BCUT2D eigenvalue weighted by Gasteiger charge is 2.33. The zero-order valence-corrected chi connectivity index (χ0v) is 24.9. The molecule has 39 heavy (non-hydrogen) atoms. The Morgan fingerprint density at radius 1 is 0.872 bits per heavy atom. The summed E-state index contributed by atoms with van der Waals surface area (Å²) in [6.07, 6.45) is 0. The van der Waals surface area contributed by atoms with Crippen molar-refractivity contribution in [3.8, 4) is 0 Å². The van der Waals surface area contributed by atoms with E-state index in [-0.39, 0.29) is 34.0 Å². The van der Waals surface area contributed by atoms with Gasteiger partial charge in [0.15, 0.2) is 0 Å². The van der Waals surface area contributed by atoms with Crippen molar-refractivity contribution in [2.24, 2.45) is 5.92 Å². The number of anilines is 1. The van der Waals surface area contributed by atoms with E-state index < -0.39 is 28.5 Å². The lowest BCUT2D eigenvalue weighted by molar-refractivity contribution is -0.139. The van der Waals surface area contributed by atoms with E-state index in [1.165, 1.54) is 35.2 Å². The fourth-order valence-corrected chi connectivity index (χ4v) is 5.97. The van der Waals surface area contributed by atoms with E-state index in [0.29, 0.717) is 22.2 Å². The summed E-state index contributed by atoms with van der Waals surface area (Å²) in [7, 11) is -4.23. The number of hydrogen-bond acceptors (Lipinski definition) is 4. The molecule has 2 amide bonds. The summed E-state index contributed by atoms with van der Waals surface area (Å²) < 4.78 is 28.5. The van der Waals surface area contributed by atoms with E-state index in [4.69, 9.17) is 34.8 Å². The third-order valence-electron chi connectivity index (χ3n) is 5.94.